The maximum absolute atomic E-state index is 12.9. The maximum atomic E-state index is 12.9. The van der Waals surface area contributed by atoms with Gasteiger partial charge in [0.1, 0.15) is 5.75 Å². The van der Waals surface area contributed by atoms with E-state index in [1.807, 2.05) is 42.2 Å². The van der Waals surface area contributed by atoms with Crippen LogP contribution in [0.5, 0.6) is 5.75 Å². The highest BCUT2D eigenvalue weighted by Gasteiger charge is 2.27. The van der Waals surface area contributed by atoms with Crippen molar-refractivity contribution in [1.29, 1.82) is 0 Å². The Hall–Kier alpha value is -2.34. The number of nitrogens with one attached hydrogen (secondary N) is 1. The molecule has 1 aromatic heterocycles. The Bertz CT molecular complexity index is 785. The number of ether oxygens (including phenoxy) is 1. The van der Waals surface area contributed by atoms with Gasteiger partial charge in [0, 0.05) is 11.4 Å². The van der Waals surface area contributed by atoms with Crippen molar-refractivity contribution in [2.45, 2.75) is 38.6 Å². The van der Waals surface area contributed by atoms with E-state index in [1.54, 1.807) is 13.2 Å². The van der Waals surface area contributed by atoms with E-state index in [1.165, 1.54) is 11.3 Å². The van der Waals surface area contributed by atoms with Gasteiger partial charge in [0.25, 0.3) is 5.91 Å². The highest BCUT2D eigenvalue weighted by atomic mass is 32.1. The average Bonchev–Trinajstić information content (AvgIpc) is 2.98. The van der Waals surface area contributed by atoms with Gasteiger partial charge in [0.2, 0.25) is 5.91 Å². The zero-order valence-corrected chi connectivity index (χ0v) is 16.7. The monoisotopic (exact) mass is 386 g/mol. The molecular formula is C21H26N2O3S. The van der Waals surface area contributed by atoms with Gasteiger partial charge in [-0.1, -0.05) is 25.0 Å². The highest BCUT2D eigenvalue weighted by Crippen LogP contribution is 2.31. The van der Waals surface area contributed by atoms with Gasteiger partial charge in [0.05, 0.1) is 24.6 Å². The summed E-state index contributed by atoms with van der Waals surface area (Å²) in [6.45, 7) is 2.72. The van der Waals surface area contributed by atoms with Crippen LogP contribution >= 0.6 is 11.3 Å². The first kappa shape index (κ1) is 19.4. The lowest BCUT2D eigenvalue weighted by atomic mass is 10.0. The van der Waals surface area contributed by atoms with Gasteiger partial charge in [-0.2, -0.15) is 0 Å². The van der Waals surface area contributed by atoms with Crippen molar-refractivity contribution in [3.8, 4) is 5.75 Å². The van der Waals surface area contributed by atoms with Crippen LogP contribution in [0.15, 0.2) is 36.4 Å². The molecule has 0 aliphatic carbocycles. The van der Waals surface area contributed by atoms with Gasteiger partial charge in [-0.05, 0) is 49.6 Å². The molecule has 2 heterocycles. The third-order valence-corrected chi connectivity index (χ3v) is 5.94. The van der Waals surface area contributed by atoms with Crippen LogP contribution in [0.25, 0.3) is 0 Å². The Morgan fingerprint density at radius 3 is 2.59 bits per heavy atom. The van der Waals surface area contributed by atoms with Crippen molar-refractivity contribution in [2.75, 3.05) is 20.2 Å². The van der Waals surface area contributed by atoms with Crippen molar-refractivity contribution in [3.05, 3.63) is 51.7 Å². The van der Waals surface area contributed by atoms with E-state index in [9.17, 15) is 9.59 Å². The van der Waals surface area contributed by atoms with Gasteiger partial charge >= 0.3 is 0 Å². The minimum atomic E-state index is -0.183. The van der Waals surface area contributed by atoms with Crippen molar-refractivity contribution in [2.24, 2.45) is 0 Å². The Morgan fingerprint density at radius 1 is 1.15 bits per heavy atom. The number of thiophene rings is 1. The number of rotatable bonds is 5. The summed E-state index contributed by atoms with van der Waals surface area (Å²) in [5.41, 5.74) is 1.12. The Kier molecular flexibility index (Phi) is 6.50. The van der Waals surface area contributed by atoms with E-state index in [0.29, 0.717) is 4.88 Å². The van der Waals surface area contributed by atoms with E-state index in [2.05, 4.69) is 5.32 Å². The smallest absolute Gasteiger partial charge is 0.261 e. The van der Waals surface area contributed by atoms with Gasteiger partial charge in [-0.25, -0.2) is 0 Å². The molecule has 1 N–H and O–H groups in total. The Balaban J connectivity index is 1.68. The summed E-state index contributed by atoms with van der Waals surface area (Å²) in [5.74, 6) is 0.598. The van der Waals surface area contributed by atoms with Crippen LogP contribution in [0.3, 0.4) is 0 Å². The molecule has 1 fully saturated rings. The van der Waals surface area contributed by atoms with Crippen molar-refractivity contribution in [3.63, 3.8) is 0 Å². The standard InChI is InChI=1S/C21H26N2O3S/c1-15-7-12-19(27-15)21(25)22-14-20(24)23-13-5-3-4-6-18(23)16-8-10-17(26-2)11-9-16/h7-12,18H,3-6,13-14H2,1-2H3,(H,22,25). The third-order valence-electron chi connectivity index (χ3n) is 4.94. The van der Waals surface area contributed by atoms with E-state index in [4.69, 9.17) is 4.74 Å². The van der Waals surface area contributed by atoms with Crippen LogP contribution in [-0.2, 0) is 4.79 Å². The van der Waals surface area contributed by atoms with Gasteiger partial charge in [-0.15, -0.1) is 11.3 Å². The van der Waals surface area contributed by atoms with E-state index in [0.717, 1.165) is 48.4 Å². The molecule has 0 bridgehead atoms. The largest absolute Gasteiger partial charge is 0.497 e. The molecule has 5 nitrogen and oxygen atoms in total. The number of carbonyl (C=O) groups is 2. The van der Waals surface area contributed by atoms with Gasteiger partial charge < -0.3 is 15.0 Å². The highest BCUT2D eigenvalue weighted by molar-refractivity contribution is 7.13. The predicted octanol–water partition coefficient (Wildman–Crippen LogP) is 3.94. The lowest BCUT2D eigenvalue weighted by Crippen LogP contribution is -2.42. The van der Waals surface area contributed by atoms with Gasteiger partial charge in [-0.3, -0.25) is 9.59 Å². The second kappa shape index (κ2) is 9.04. The fourth-order valence-electron chi connectivity index (χ4n) is 3.48. The molecule has 6 heteroatoms. The molecule has 144 valence electrons. The van der Waals surface area contributed by atoms with Crippen molar-refractivity contribution >= 4 is 23.2 Å². The molecular weight excluding hydrogens is 360 g/mol. The summed E-state index contributed by atoms with van der Waals surface area (Å²) < 4.78 is 5.24. The third kappa shape index (κ3) is 4.89. The SMILES string of the molecule is COc1ccc(C2CCCCCN2C(=O)CNC(=O)c2ccc(C)s2)cc1. The zero-order chi connectivity index (χ0) is 19.2. The molecule has 0 radical (unpaired) electrons. The Labute approximate surface area is 164 Å². The molecule has 0 spiro atoms. The fourth-order valence-corrected chi connectivity index (χ4v) is 4.26. The number of aryl methyl sites for hydroxylation is 1. The summed E-state index contributed by atoms with van der Waals surface area (Å²) in [6.07, 6.45) is 4.16. The zero-order valence-electron chi connectivity index (χ0n) is 15.9. The van der Waals surface area contributed by atoms with Crippen molar-refractivity contribution < 1.29 is 14.3 Å². The first-order chi connectivity index (χ1) is 13.1. The molecule has 1 aromatic carbocycles. The van der Waals surface area contributed by atoms with Crippen LogP contribution in [0.4, 0.5) is 0 Å². The average molecular weight is 387 g/mol. The van der Waals surface area contributed by atoms with Crippen LogP contribution in [0.2, 0.25) is 0 Å². The number of methoxy groups -OCH3 is 1. The van der Waals surface area contributed by atoms with Gasteiger partial charge in [0.15, 0.2) is 0 Å². The van der Waals surface area contributed by atoms with E-state index < -0.39 is 0 Å². The summed E-state index contributed by atoms with van der Waals surface area (Å²) in [4.78, 5) is 28.8. The maximum Gasteiger partial charge on any atom is 0.261 e. The number of hydrogen-bond acceptors (Lipinski definition) is 4. The van der Waals surface area contributed by atoms with E-state index in [-0.39, 0.29) is 24.4 Å². The van der Waals surface area contributed by atoms with Crippen LogP contribution in [-0.4, -0.2) is 36.9 Å². The lowest BCUT2D eigenvalue weighted by molar-refractivity contribution is -0.132. The second-order valence-corrected chi connectivity index (χ2v) is 8.11. The molecule has 1 atom stereocenters. The fraction of sp³-hybridized carbons (Fsp3) is 0.429. The van der Waals surface area contributed by atoms with Crippen molar-refractivity contribution in [1.82, 2.24) is 10.2 Å². The summed E-state index contributed by atoms with van der Waals surface area (Å²) >= 11 is 1.44. The molecule has 1 saturated heterocycles. The molecule has 1 aliphatic heterocycles. The lowest BCUT2D eigenvalue weighted by Gasteiger charge is -2.30. The first-order valence-electron chi connectivity index (χ1n) is 9.36. The molecule has 3 rings (SSSR count). The molecule has 1 unspecified atom stereocenters. The van der Waals surface area contributed by atoms with Crippen LogP contribution in [0.1, 0.15) is 51.8 Å². The molecule has 1 aliphatic rings. The molecule has 27 heavy (non-hydrogen) atoms. The number of nitrogens with zero attached hydrogens (tertiary/aromatic N) is 1. The Morgan fingerprint density at radius 2 is 1.93 bits per heavy atom. The minimum Gasteiger partial charge on any atom is -0.497 e. The number of likely N-dealkylation sites (tertiary alicyclic amines) is 1. The number of amides is 2. The topological polar surface area (TPSA) is 58.6 Å². The minimum absolute atomic E-state index is 0.0284. The molecule has 0 saturated carbocycles. The quantitative estimate of drug-likeness (QED) is 0.847. The first-order valence-corrected chi connectivity index (χ1v) is 10.2. The number of hydrogen-bond donors (Lipinski definition) is 1. The van der Waals surface area contributed by atoms with E-state index >= 15 is 0 Å². The molecule has 2 aromatic rings. The molecule has 2 amide bonds. The summed E-state index contributed by atoms with van der Waals surface area (Å²) in [6, 6.07) is 11.7. The number of carbonyl (C=O) groups excluding carboxylic acids is 2. The summed E-state index contributed by atoms with van der Waals surface area (Å²) in [5, 5.41) is 2.78. The number of benzene rings is 1. The second-order valence-electron chi connectivity index (χ2n) is 6.82. The predicted molar refractivity (Wildman–Crippen MR) is 107 cm³/mol. The normalized spacial score (nSPS) is 17.3. The van der Waals surface area contributed by atoms with Crippen LogP contribution in [0, 0.1) is 6.92 Å². The van der Waals surface area contributed by atoms with Crippen LogP contribution < -0.4 is 10.1 Å². The summed E-state index contributed by atoms with van der Waals surface area (Å²) in [7, 11) is 1.65.